The van der Waals surface area contributed by atoms with Crippen LogP contribution in [0, 0.1) is 5.92 Å². The topological polar surface area (TPSA) is 61.4 Å². The van der Waals surface area contributed by atoms with Crippen molar-refractivity contribution in [2.75, 3.05) is 39.0 Å². The number of hydrogen-bond acceptors (Lipinski definition) is 4. The van der Waals surface area contributed by atoms with Crippen molar-refractivity contribution in [2.45, 2.75) is 31.7 Å². The smallest absolute Gasteiger partial charge is 0.212 e. The quantitative estimate of drug-likeness (QED) is 0.686. The number of likely N-dealkylation sites (tertiary alicyclic amines) is 1. The number of piperidine rings is 1. The summed E-state index contributed by atoms with van der Waals surface area (Å²) in [5.74, 6) is 0.711. The van der Waals surface area contributed by atoms with E-state index in [0.717, 1.165) is 25.9 Å². The van der Waals surface area contributed by atoms with E-state index in [1.165, 1.54) is 12.8 Å². The summed E-state index contributed by atoms with van der Waals surface area (Å²) in [4.78, 5) is 2.30. The lowest BCUT2D eigenvalue weighted by Gasteiger charge is -2.28. The van der Waals surface area contributed by atoms with Gasteiger partial charge in [-0.1, -0.05) is 0 Å². The van der Waals surface area contributed by atoms with Gasteiger partial charge in [-0.25, -0.2) is 13.1 Å². The van der Waals surface area contributed by atoms with Crippen LogP contribution >= 0.6 is 0 Å². The molecular weight excluding hydrogens is 250 g/mol. The molecule has 106 valence electrons. The van der Waals surface area contributed by atoms with Crippen LogP contribution in [0.3, 0.4) is 0 Å². The summed E-state index contributed by atoms with van der Waals surface area (Å²) in [6.45, 7) is 3.35. The molecular formula is C12H25N3O2S. The van der Waals surface area contributed by atoms with E-state index >= 15 is 0 Å². The minimum Gasteiger partial charge on any atom is -0.313 e. The Morgan fingerprint density at radius 1 is 1.17 bits per heavy atom. The van der Waals surface area contributed by atoms with Gasteiger partial charge in [-0.2, -0.15) is 0 Å². The summed E-state index contributed by atoms with van der Waals surface area (Å²) in [6.07, 6.45) is 4.59. The zero-order valence-electron chi connectivity index (χ0n) is 11.2. The molecule has 2 aliphatic rings. The standard InChI is InChI=1S/C12H25N3O2S/c1-15-7-4-11(5-8-15)10-14-18(16,17)9-6-13-12-2-3-12/h11-14H,2-10H2,1H3. The molecule has 0 aromatic heterocycles. The first-order valence-corrected chi connectivity index (χ1v) is 8.60. The third-order valence-electron chi connectivity index (χ3n) is 3.81. The molecule has 1 saturated heterocycles. The average molecular weight is 275 g/mol. The average Bonchev–Trinajstić information content (AvgIpc) is 3.12. The summed E-state index contributed by atoms with van der Waals surface area (Å²) in [5, 5.41) is 3.23. The van der Waals surface area contributed by atoms with Gasteiger partial charge >= 0.3 is 0 Å². The van der Waals surface area contributed by atoms with Gasteiger partial charge in [-0.15, -0.1) is 0 Å². The fraction of sp³-hybridized carbons (Fsp3) is 1.00. The molecule has 0 unspecified atom stereocenters. The number of nitrogens with one attached hydrogen (secondary N) is 2. The molecule has 0 radical (unpaired) electrons. The molecule has 0 amide bonds. The second-order valence-electron chi connectivity index (χ2n) is 5.64. The molecule has 0 spiro atoms. The number of nitrogens with zero attached hydrogens (tertiary/aromatic N) is 1. The van der Waals surface area contributed by atoms with E-state index in [1.54, 1.807) is 0 Å². The Bertz CT molecular complexity index is 346. The molecule has 2 fully saturated rings. The molecule has 2 rings (SSSR count). The van der Waals surface area contributed by atoms with Crippen LogP contribution in [0.5, 0.6) is 0 Å². The van der Waals surface area contributed by atoms with Crippen LogP contribution in [0.1, 0.15) is 25.7 Å². The van der Waals surface area contributed by atoms with E-state index in [4.69, 9.17) is 0 Å². The zero-order chi connectivity index (χ0) is 13.0. The fourth-order valence-electron chi connectivity index (χ4n) is 2.27. The highest BCUT2D eigenvalue weighted by molar-refractivity contribution is 7.89. The largest absolute Gasteiger partial charge is 0.313 e. The highest BCUT2D eigenvalue weighted by Crippen LogP contribution is 2.18. The van der Waals surface area contributed by atoms with Crippen molar-refractivity contribution in [1.82, 2.24) is 14.9 Å². The highest BCUT2D eigenvalue weighted by atomic mass is 32.2. The Balaban J connectivity index is 1.61. The van der Waals surface area contributed by atoms with Crippen molar-refractivity contribution in [3.8, 4) is 0 Å². The Kier molecular flexibility index (Phi) is 5.00. The van der Waals surface area contributed by atoms with E-state index in [1.807, 2.05) is 0 Å². The Morgan fingerprint density at radius 3 is 2.44 bits per heavy atom. The zero-order valence-corrected chi connectivity index (χ0v) is 12.0. The van der Waals surface area contributed by atoms with Gasteiger partial charge in [0.1, 0.15) is 0 Å². The van der Waals surface area contributed by atoms with Crippen LogP contribution in [0.15, 0.2) is 0 Å². The number of hydrogen-bond donors (Lipinski definition) is 2. The molecule has 1 aliphatic carbocycles. The van der Waals surface area contributed by atoms with E-state index in [2.05, 4.69) is 22.0 Å². The van der Waals surface area contributed by atoms with Crippen LogP contribution in [0.2, 0.25) is 0 Å². The van der Waals surface area contributed by atoms with Gasteiger partial charge in [0, 0.05) is 19.1 Å². The molecule has 2 N–H and O–H groups in total. The SMILES string of the molecule is CN1CCC(CNS(=O)(=O)CCNC2CC2)CC1. The number of sulfonamides is 1. The van der Waals surface area contributed by atoms with Crippen molar-refractivity contribution in [2.24, 2.45) is 5.92 Å². The maximum absolute atomic E-state index is 11.8. The molecule has 1 saturated carbocycles. The minimum absolute atomic E-state index is 0.204. The van der Waals surface area contributed by atoms with Gasteiger partial charge < -0.3 is 10.2 Å². The third-order valence-corrected chi connectivity index (χ3v) is 5.16. The van der Waals surface area contributed by atoms with Gasteiger partial charge in [0.05, 0.1) is 5.75 Å². The summed E-state index contributed by atoms with van der Waals surface area (Å²) >= 11 is 0. The van der Waals surface area contributed by atoms with Gasteiger partial charge in [-0.05, 0) is 51.7 Å². The summed E-state index contributed by atoms with van der Waals surface area (Å²) < 4.78 is 26.3. The maximum atomic E-state index is 11.8. The summed E-state index contributed by atoms with van der Waals surface area (Å²) in [7, 11) is -0.973. The summed E-state index contributed by atoms with van der Waals surface area (Å²) in [5.41, 5.74) is 0. The first-order valence-electron chi connectivity index (χ1n) is 6.94. The van der Waals surface area contributed by atoms with Crippen LogP contribution in [0.25, 0.3) is 0 Å². The van der Waals surface area contributed by atoms with Crippen molar-refractivity contribution in [3.63, 3.8) is 0 Å². The predicted octanol–water partition coefficient (Wildman–Crippen LogP) is -0.000400. The molecule has 0 aromatic carbocycles. The van der Waals surface area contributed by atoms with Crippen LogP contribution in [0.4, 0.5) is 0 Å². The van der Waals surface area contributed by atoms with E-state index < -0.39 is 10.0 Å². The molecule has 18 heavy (non-hydrogen) atoms. The van der Waals surface area contributed by atoms with Gasteiger partial charge in [-0.3, -0.25) is 0 Å². The van der Waals surface area contributed by atoms with Crippen molar-refractivity contribution < 1.29 is 8.42 Å². The highest BCUT2D eigenvalue weighted by Gasteiger charge is 2.22. The van der Waals surface area contributed by atoms with Crippen LogP contribution < -0.4 is 10.0 Å². The molecule has 0 atom stereocenters. The Hall–Kier alpha value is -0.170. The van der Waals surface area contributed by atoms with Gasteiger partial charge in [0.15, 0.2) is 0 Å². The second-order valence-corrected chi connectivity index (χ2v) is 7.57. The fourth-order valence-corrected chi connectivity index (χ4v) is 3.29. The van der Waals surface area contributed by atoms with Crippen LogP contribution in [-0.4, -0.2) is 58.3 Å². The first kappa shape index (κ1) is 14.2. The molecule has 6 heteroatoms. The monoisotopic (exact) mass is 275 g/mol. The number of rotatable bonds is 7. The lowest BCUT2D eigenvalue weighted by Crippen LogP contribution is -2.39. The van der Waals surface area contributed by atoms with Crippen molar-refractivity contribution in [3.05, 3.63) is 0 Å². The molecule has 1 aliphatic heterocycles. The first-order chi connectivity index (χ1) is 8.55. The Morgan fingerprint density at radius 2 is 1.83 bits per heavy atom. The normalized spacial score (nSPS) is 23.4. The third kappa shape index (κ3) is 5.22. The minimum atomic E-state index is -3.09. The summed E-state index contributed by atoms with van der Waals surface area (Å²) in [6, 6.07) is 0.578. The lowest BCUT2D eigenvalue weighted by atomic mass is 9.98. The van der Waals surface area contributed by atoms with Crippen molar-refractivity contribution in [1.29, 1.82) is 0 Å². The van der Waals surface area contributed by atoms with Gasteiger partial charge in [0.2, 0.25) is 10.0 Å². The van der Waals surface area contributed by atoms with Crippen molar-refractivity contribution >= 4 is 10.0 Å². The van der Waals surface area contributed by atoms with Gasteiger partial charge in [0.25, 0.3) is 0 Å². The van der Waals surface area contributed by atoms with E-state index in [9.17, 15) is 8.42 Å². The molecule has 1 heterocycles. The lowest BCUT2D eigenvalue weighted by molar-refractivity contribution is 0.220. The van der Waals surface area contributed by atoms with E-state index in [-0.39, 0.29) is 5.75 Å². The van der Waals surface area contributed by atoms with Crippen LogP contribution in [-0.2, 0) is 10.0 Å². The Labute approximate surface area is 110 Å². The molecule has 0 bridgehead atoms. The maximum Gasteiger partial charge on any atom is 0.212 e. The predicted molar refractivity (Wildman–Crippen MR) is 73.0 cm³/mol. The molecule has 0 aromatic rings. The second kappa shape index (κ2) is 6.32. The molecule has 5 nitrogen and oxygen atoms in total. The van der Waals surface area contributed by atoms with E-state index in [0.29, 0.717) is 25.0 Å².